The number of pyridine rings is 1. The van der Waals surface area contributed by atoms with Crippen LogP contribution in [0.15, 0.2) is 18.5 Å². The molecule has 1 aromatic heterocycles. The number of alkyl halides is 2. The van der Waals surface area contributed by atoms with E-state index < -0.39 is 30.8 Å². The first-order valence-electron chi connectivity index (χ1n) is 10.4. The first kappa shape index (κ1) is 22.2. The predicted molar refractivity (Wildman–Crippen MR) is 106 cm³/mol. The number of rotatable bonds is 8. The summed E-state index contributed by atoms with van der Waals surface area (Å²) in [5.74, 6) is -3.84. The first-order valence-corrected chi connectivity index (χ1v) is 10.4. The molecule has 2 fully saturated rings. The van der Waals surface area contributed by atoms with Crippen LogP contribution in [0.3, 0.4) is 0 Å². The number of aryl methyl sites for hydroxylation is 1. The van der Waals surface area contributed by atoms with E-state index in [1.165, 1.54) is 0 Å². The van der Waals surface area contributed by atoms with Gasteiger partial charge in [0.15, 0.2) is 5.78 Å². The van der Waals surface area contributed by atoms with Gasteiger partial charge < -0.3 is 15.1 Å². The number of halogens is 2. The van der Waals surface area contributed by atoms with Crippen molar-refractivity contribution in [1.82, 2.24) is 20.1 Å². The van der Waals surface area contributed by atoms with Crippen LogP contribution in [0.5, 0.6) is 0 Å². The number of nitriles is 1. The van der Waals surface area contributed by atoms with E-state index in [0.717, 1.165) is 49.6 Å². The number of aromatic nitrogens is 1. The summed E-state index contributed by atoms with van der Waals surface area (Å²) in [6, 6.07) is 2.27. The molecule has 2 aliphatic heterocycles. The molecule has 2 aliphatic rings. The third-order valence-electron chi connectivity index (χ3n) is 5.64. The highest BCUT2D eigenvalue weighted by atomic mass is 19.3. The largest absolute Gasteiger partial charge is 0.320 e. The second-order valence-corrected chi connectivity index (χ2v) is 7.88. The molecule has 30 heavy (non-hydrogen) atoms. The summed E-state index contributed by atoms with van der Waals surface area (Å²) in [6.45, 7) is 4.19. The van der Waals surface area contributed by atoms with Crippen LogP contribution in [-0.2, 0) is 11.2 Å². The standard InChI is InChI=1S/C21H27F2N5O2/c22-21(23)12-17(13-24)28(15-21)20(30)4-3-19(29)18-5-6-26-14-16(18)2-1-9-27-10-7-25-8-11-27/h5-6,14,17,25H,1-4,7-12,15H2/t17-/m0/s1. The predicted octanol–water partition coefficient (Wildman–Crippen LogP) is 1.64. The maximum absolute atomic E-state index is 13.5. The molecule has 1 aromatic rings. The number of nitrogens with one attached hydrogen (secondary N) is 1. The number of Topliss-reactive ketones (excluding diaryl/α,β-unsaturated/α-hetero) is 1. The number of nitrogens with zero attached hydrogens (tertiary/aromatic N) is 4. The van der Waals surface area contributed by atoms with Crippen LogP contribution in [0.1, 0.15) is 41.6 Å². The summed E-state index contributed by atoms with van der Waals surface area (Å²) < 4.78 is 27.1. The summed E-state index contributed by atoms with van der Waals surface area (Å²) in [4.78, 5) is 32.4. The van der Waals surface area contributed by atoms with Gasteiger partial charge in [-0.25, -0.2) is 8.78 Å². The fourth-order valence-corrected chi connectivity index (χ4v) is 4.02. The fraction of sp³-hybridized carbons (Fsp3) is 0.619. The van der Waals surface area contributed by atoms with E-state index in [1.54, 1.807) is 24.5 Å². The highest BCUT2D eigenvalue weighted by molar-refractivity contribution is 5.99. The highest BCUT2D eigenvalue weighted by Crippen LogP contribution is 2.32. The maximum Gasteiger partial charge on any atom is 0.268 e. The zero-order valence-electron chi connectivity index (χ0n) is 16.9. The fourth-order valence-electron chi connectivity index (χ4n) is 4.02. The zero-order valence-corrected chi connectivity index (χ0v) is 16.9. The summed E-state index contributed by atoms with van der Waals surface area (Å²) in [5.41, 5.74) is 1.37. The van der Waals surface area contributed by atoms with Crippen LogP contribution in [0, 0.1) is 11.3 Å². The van der Waals surface area contributed by atoms with E-state index in [-0.39, 0.29) is 18.6 Å². The molecule has 0 saturated carbocycles. The van der Waals surface area contributed by atoms with Crippen molar-refractivity contribution in [3.05, 3.63) is 29.6 Å². The smallest absolute Gasteiger partial charge is 0.268 e. The normalized spacial score (nSPS) is 21.4. The molecule has 0 spiro atoms. The Hall–Kier alpha value is -2.44. The number of amides is 1. The lowest BCUT2D eigenvalue weighted by atomic mass is 9.99. The minimum Gasteiger partial charge on any atom is -0.320 e. The topological polar surface area (TPSA) is 89.3 Å². The Labute approximate surface area is 175 Å². The molecular weight excluding hydrogens is 392 g/mol. The lowest BCUT2D eigenvalue weighted by Crippen LogP contribution is -2.43. The van der Waals surface area contributed by atoms with Crippen LogP contribution >= 0.6 is 0 Å². The average molecular weight is 419 g/mol. The number of hydrogen-bond donors (Lipinski definition) is 1. The Bertz CT molecular complexity index is 805. The van der Waals surface area contributed by atoms with Crippen LogP contribution in [-0.4, -0.2) is 77.7 Å². The van der Waals surface area contributed by atoms with Crippen molar-refractivity contribution in [2.45, 2.75) is 44.1 Å². The number of ketones is 1. The third-order valence-corrected chi connectivity index (χ3v) is 5.64. The van der Waals surface area contributed by atoms with Gasteiger partial charge in [-0.05, 0) is 31.0 Å². The molecule has 0 unspecified atom stereocenters. The van der Waals surface area contributed by atoms with Gasteiger partial charge in [0.05, 0.1) is 12.6 Å². The molecule has 7 nitrogen and oxygen atoms in total. The average Bonchev–Trinajstić information content (AvgIpc) is 3.07. The molecule has 3 heterocycles. The molecule has 1 N–H and O–H groups in total. The molecule has 0 aromatic carbocycles. The Kier molecular flexibility index (Phi) is 7.45. The monoisotopic (exact) mass is 419 g/mol. The van der Waals surface area contributed by atoms with Crippen molar-refractivity contribution >= 4 is 11.7 Å². The molecule has 3 rings (SSSR count). The van der Waals surface area contributed by atoms with E-state index in [4.69, 9.17) is 5.26 Å². The second-order valence-electron chi connectivity index (χ2n) is 7.88. The Morgan fingerprint density at radius 1 is 1.30 bits per heavy atom. The van der Waals surface area contributed by atoms with Gasteiger partial charge >= 0.3 is 0 Å². The quantitative estimate of drug-likeness (QED) is 0.645. The first-order chi connectivity index (χ1) is 14.4. The lowest BCUT2D eigenvalue weighted by molar-refractivity contribution is -0.132. The van der Waals surface area contributed by atoms with E-state index in [9.17, 15) is 18.4 Å². The van der Waals surface area contributed by atoms with Crippen molar-refractivity contribution < 1.29 is 18.4 Å². The molecule has 2 saturated heterocycles. The van der Waals surface area contributed by atoms with Gasteiger partial charge in [-0.15, -0.1) is 0 Å². The SMILES string of the molecule is N#C[C@@H]1CC(F)(F)CN1C(=O)CCC(=O)c1ccncc1CCCN1CCNCC1. The molecular formula is C21H27F2N5O2. The van der Waals surface area contributed by atoms with E-state index in [2.05, 4.69) is 15.2 Å². The minimum absolute atomic E-state index is 0.0755. The molecule has 162 valence electrons. The van der Waals surface area contributed by atoms with E-state index in [0.29, 0.717) is 12.0 Å². The second kappa shape index (κ2) is 10.0. The molecule has 0 bridgehead atoms. The number of piperazine rings is 1. The van der Waals surface area contributed by atoms with Crippen LogP contribution < -0.4 is 5.32 Å². The lowest BCUT2D eigenvalue weighted by Gasteiger charge is -2.27. The minimum atomic E-state index is -3.05. The van der Waals surface area contributed by atoms with Crippen molar-refractivity contribution in [2.75, 3.05) is 39.3 Å². The molecule has 9 heteroatoms. The van der Waals surface area contributed by atoms with Crippen molar-refractivity contribution in [3.8, 4) is 6.07 Å². The Morgan fingerprint density at radius 2 is 2.07 bits per heavy atom. The summed E-state index contributed by atoms with van der Waals surface area (Å²) in [5, 5.41) is 12.3. The van der Waals surface area contributed by atoms with Gasteiger partial charge in [-0.3, -0.25) is 14.6 Å². The van der Waals surface area contributed by atoms with E-state index >= 15 is 0 Å². The van der Waals surface area contributed by atoms with Gasteiger partial charge in [0.2, 0.25) is 5.91 Å². The molecule has 1 atom stereocenters. The maximum atomic E-state index is 13.5. The molecule has 1 amide bonds. The number of carbonyl (C=O) groups is 2. The van der Waals surface area contributed by atoms with Gasteiger partial charge in [0.25, 0.3) is 5.92 Å². The molecule has 0 radical (unpaired) electrons. The van der Waals surface area contributed by atoms with Crippen LogP contribution in [0.25, 0.3) is 0 Å². The highest BCUT2D eigenvalue weighted by Gasteiger charge is 2.47. The molecule has 0 aliphatic carbocycles. The number of carbonyl (C=O) groups excluding carboxylic acids is 2. The van der Waals surface area contributed by atoms with Gasteiger partial charge in [0, 0.05) is 63.4 Å². The van der Waals surface area contributed by atoms with Crippen molar-refractivity contribution in [1.29, 1.82) is 5.26 Å². The summed E-state index contributed by atoms with van der Waals surface area (Å²) in [6.07, 6.45) is 3.93. The van der Waals surface area contributed by atoms with Crippen LogP contribution in [0.2, 0.25) is 0 Å². The Balaban J connectivity index is 1.52. The van der Waals surface area contributed by atoms with Crippen molar-refractivity contribution in [3.63, 3.8) is 0 Å². The van der Waals surface area contributed by atoms with Gasteiger partial charge in [-0.2, -0.15) is 5.26 Å². The number of hydrogen-bond acceptors (Lipinski definition) is 6. The van der Waals surface area contributed by atoms with Crippen molar-refractivity contribution in [2.24, 2.45) is 0 Å². The Morgan fingerprint density at radius 3 is 2.80 bits per heavy atom. The number of likely N-dealkylation sites (tertiary alicyclic amines) is 1. The van der Waals surface area contributed by atoms with Gasteiger partial charge in [-0.1, -0.05) is 0 Å². The summed E-state index contributed by atoms with van der Waals surface area (Å²) in [7, 11) is 0. The summed E-state index contributed by atoms with van der Waals surface area (Å²) >= 11 is 0. The third kappa shape index (κ3) is 5.80. The van der Waals surface area contributed by atoms with E-state index in [1.807, 2.05) is 0 Å². The zero-order chi connectivity index (χ0) is 21.6. The van der Waals surface area contributed by atoms with Crippen LogP contribution in [0.4, 0.5) is 8.78 Å². The van der Waals surface area contributed by atoms with Gasteiger partial charge in [0.1, 0.15) is 6.04 Å².